The average Bonchev–Trinajstić information content (AvgIpc) is 2.39. The standard InChI is InChI=1S/C14H21ClN2/c1-11(12-3-5-13(15)6-4-12)17(2)14-7-9-16-10-8-14/h3-6,11,14,16H,7-10H2,1-2H3. The average molecular weight is 253 g/mol. The van der Waals surface area contributed by atoms with Crippen molar-refractivity contribution in [2.24, 2.45) is 0 Å². The summed E-state index contributed by atoms with van der Waals surface area (Å²) in [6.45, 7) is 4.55. The van der Waals surface area contributed by atoms with E-state index >= 15 is 0 Å². The molecule has 1 atom stereocenters. The third-order valence-corrected chi connectivity index (χ3v) is 4.10. The zero-order chi connectivity index (χ0) is 12.3. The lowest BCUT2D eigenvalue weighted by molar-refractivity contribution is 0.152. The van der Waals surface area contributed by atoms with Crippen LogP contribution in [0.15, 0.2) is 24.3 Å². The Morgan fingerprint density at radius 1 is 1.24 bits per heavy atom. The Kier molecular flexibility index (Phi) is 4.43. The molecule has 1 unspecified atom stereocenters. The first-order valence-corrected chi connectivity index (χ1v) is 6.74. The summed E-state index contributed by atoms with van der Waals surface area (Å²) in [5.74, 6) is 0. The number of hydrogen-bond donors (Lipinski definition) is 1. The van der Waals surface area contributed by atoms with Crippen LogP contribution in [0.5, 0.6) is 0 Å². The van der Waals surface area contributed by atoms with Crippen molar-refractivity contribution in [3.05, 3.63) is 34.9 Å². The molecule has 0 aliphatic carbocycles. The van der Waals surface area contributed by atoms with Crippen molar-refractivity contribution in [1.29, 1.82) is 0 Å². The predicted molar refractivity (Wildman–Crippen MR) is 73.5 cm³/mol. The highest BCUT2D eigenvalue weighted by atomic mass is 35.5. The van der Waals surface area contributed by atoms with E-state index in [-0.39, 0.29) is 0 Å². The molecule has 1 aromatic carbocycles. The molecule has 3 heteroatoms. The van der Waals surface area contributed by atoms with Crippen molar-refractivity contribution in [3.8, 4) is 0 Å². The van der Waals surface area contributed by atoms with Crippen LogP contribution < -0.4 is 5.32 Å². The SMILES string of the molecule is CC(c1ccc(Cl)cc1)N(C)C1CCNCC1. The van der Waals surface area contributed by atoms with Crippen LogP contribution in [-0.4, -0.2) is 31.1 Å². The highest BCUT2D eigenvalue weighted by molar-refractivity contribution is 6.30. The normalized spacial score (nSPS) is 19.5. The van der Waals surface area contributed by atoms with E-state index in [0.717, 1.165) is 18.1 Å². The van der Waals surface area contributed by atoms with Gasteiger partial charge in [0.2, 0.25) is 0 Å². The van der Waals surface area contributed by atoms with Crippen molar-refractivity contribution < 1.29 is 0 Å². The molecule has 1 aromatic rings. The van der Waals surface area contributed by atoms with Gasteiger partial charge >= 0.3 is 0 Å². The molecule has 1 N–H and O–H groups in total. The Morgan fingerprint density at radius 2 is 1.82 bits per heavy atom. The third-order valence-electron chi connectivity index (χ3n) is 3.85. The zero-order valence-corrected chi connectivity index (χ0v) is 11.4. The quantitative estimate of drug-likeness (QED) is 0.890. The van der Waals surface area contributed by atoms with Crippen molar-refractivity contribution in [3.63, 3.8) is 0 Å². The number of piperidine rings is 1. The number of hydrogen-bond acceptors (Lipinski definition) is 2. The number of benzene rings is 1. The van der Waals surface area contributed by atoms with Gasteiger partial charge in [-0.1, -0.05) is 23.7 Å². The van der Waals surface area contributed by atoms with E-state index in [2.05, 4.69) is 36.3 Å². The topological polar surface area (TPSA) is 15.3 Å². The molecule has 0 radical (unpaired) electrons. The Morgan fingerprint density at radius 3 is 2.41 bits per heavy atom. The fourth-order valence-corrected chi connectivity index (χ4v) is 2.63. The molecule has 2 rings (SSSR count). The maximum atomic E-state index is 5.92. The van der Waals surface area contributed by atoms with Crippen molar-refractivity contribution in [1.82, 2.24) is 10.2 Å². The molecule has 1 aliphatic rings. The minimum atomic E-state index is 0.454. The molecule has 1 aliphatic heterocycles. The van der Waals surface area contributed by atoms with Gasteiger partial charge in [0.1, 0.15) is 0 Å². The maximum absolute atomic E-state index is 5.92. The minimum Gasteiger partial charge on any atom is -0.317 e. The van der Waals surface area contributed by atoms with Gasteiger partial charge in [0.15, 0.2) is 0 Å². The van der Waals surface area contributed by atoms with Crippen molar-refractivity contribution >= 4 is 11.6 Å². The van der Waals surface area contributed by atoms with Crippen LogP contribution in [0, 0.1) is 0 Å². The second-order valence-electron chi connectivity index (χ2n) is 4.87. The summed E-state index contributed by atoms with van der Waals surface area (Å²) < 4.78 is 0. The van der Waals surface area contributed by atoms with E-state index in [1.54, 1.807) is 0 Å². The molecule has 0 aromatic heterocycles. The minimum absolute atomic E-state index is 0.454. The van der Waals surface area contributed by atoms with Crippen molar-refractivity contribution in [2.45, 2.75) is 31.8 Å². The Hall–Kier alpha value is -0.570. The Bertz CT molecular complexity index is 344. The summed E-state index contributed by atoms with van der Waals surface area (Å²) in [5.41, 5.74) is 1.34. The zero-order valence-electron chi connectivity index (χ0n) is 10.6. The van der Waals surface area contributed by atoms with Gasteiger partial charge in [-0.15, -0.1) is 0 Å². The van der Waals surface area contributed by atoms with Gasteiger partial charge in [0.05, 0.1) is 0 Å². The molecule has 1 fully saturated rings. The molecule has 1 heterocycles. The van der Waals surface area contributed by atoms with Crippen LogP contribution in [0.4, 0.5) is 0 Å². The number of halogens is 1. The monoisotopic (exact) mass is 252 g/mol. The number of nitrogens with zero attached hydrogens (tertiary/aromatic N) is 1. The van der Waals surface area contributed by atoms with Gasteiger partial charge in [-0.3, -0.25) is 4.90 Å². The maximum Gasteiger partial charge on any atom is 0.0406 e. The Labute approximate surface area is 109 Å². The smallest absolute Gasteiger partial charge is 0.0406 e. The summed E-state index contributed by atoms with van der Waals surface area (Å²) in [7, 11) is 2.23. The van der Waals surface area contributed by atoms with Gasteiger partial charge < -0.3 is 5.32 Å². The molecule has 0 amide bonds. The second kappa shape index (κ2) is 5.85. The first kappa shape index (κ1) is 12.9. The predicted octanol–water partition coefficient (Wildman–Crippen LogP) is 3.08. The molecule has 0 saturated carbocycles. The van der Waals surface area contributed by atoms with Crippen LogP contribution >= 0.6 is 11.6 Å². The van der Waals surface area contributed by atoms with Gasteiger partial charge in [-0.05, 0) is 57.6 Å². The first-order chi connectivity index (χ1) is 8.18. The summed E-state index contributed by atoms with van der Waals surface area (Å²) in [4.78, 5) is 2.49. The van der Waals surface area contributed by atoms with Crippen LogP contribution in [0.25, 0.3) is 0 Å². The molecule has 0 spiro atoms. The van der Waals surface area contributed by atoms with Crippen LogP contribution in [0.3, 0.4) is 0 Å². The largest absolute Gasteiger partial charge is 0.317 e. The van der Waals surface area contributed by atoms with E-state index in [0.29, 0.717) is 12.1 Å². The fourth-order valence-electron chi connectivity index (χ4n) is 2.51. The lowest BCUT2D eigenvalue weighted by Crippen LogP contribution is -2.42. The summed E-state index contributed by atoms with van der Waals surface area (Å²) in [6.07, 6.45) is 2.49. The van der Waals surface area contributed by atoms with Gasteiger partial charge in [0, 0.05) is 17.1 Å². The van der Waals surface area contributed by atoms with E-state index in [4.69, 9.17) is 11.6 Å². The molecular formula is C14H21ClN2. The van der Waals surface area contributed by atoms with Crippen LogP contribution in [-0.2, 0) is 0 Å². The van der Waals surface area contributed by atoms with Crippen molar-refractivity contribution in [2.75, 3.05) is 20.1 Å². The summed E-state index contributed by atoms with van der Waals surface area (Å²) >= 11 is 5.92. The van der Waals surface area contributed by atoms with E-state index in [1.165, 1.54) is 18.4 Å². The Balaban J connectivity index is 2.02. The molecule has 17 heavy (non-hydrogen) atoms. The molecule has 94 valence electrons. The number of rotatable bonds is 3. The molecule has 0 bridgehead atoms. The summed E-state index contributed by atoms with van der Waals surface area (Å²) in [5, 5.41) is 4.22. The highest BCUT2D eigenvalue weighted by Crippen LogP contribution is 2.25. The molecular weight excluding hydrogens is 232 g/mol. The molecule has 2 nitrogen and oxygen atoms in total. The van der Waals surface area contributed by atoms with Crippen LogP contribution in [0.1, 0.15) is 31.4 Å². The first-order valence-electron chi connectivity index (χ1n) is 6.36. The van der Waals surface area contributed by atoms with E-state index in [9.17, 15) is 0 Å². The van der Waals surface area contributed by atoms with Gasteiger partial charge in [-0.25, -0.2) is 0 Å². The van der Waals surface area contributed by atoms with Crippen LogP contribution in [0.2, 0.25) is 5.02 Å². The third kappa shape index (κ3) is 3.21. The highest BCUT2D eigenvalue weighted by Gasteiger charge is 2.22. The fraction of sp³-hybridized carbons (Fsp3) is 0.571. The van der Waals surface area contributed by atoms with E-state index in [1.807, 2.05) is 12.1 Å². The lowest BCUT2D eigenvalue weighted by Gasteiger charge is -2.36. The van der Waals surface area contributed by atoms with E-state index < -0.39 is 0 Å². The van der Waals surface area contributed by atoms with Gasteiger partial charge in [0.25, 0.3) is 0 Å². The van der Waals surface area contributed by atoms with Gasteiger partial charge in [-0.2, -0.15) is 0 Å². The summed E-state index contributed by atoms with van der Waals surface area (Å²) in [6, 6.07) is 9.36. The lowest BCUT2D eigenvalue weighted by atomic mass is 10.0. The number of nitrogens with one attached hydrogen (secondary N) is 1. The molecule has 1 saturated heterocycles. The second-order valence-corrected chi connectivity index (χ2v) is 5.31.